The van der Waals surface area contributed by atoms with Crippen molar-refractivity contribution in [1.82, 2.24) is 14.7 Å². The van der Waals surface area contributed by atoms with E-state index in [1.54, 1.807) is 12.1 Å². The number of nitrogens with one attached hydrogen (secondary N) is 1. The van der Waals surface area contributed by atoms with E-state index in [4.69, 9.17) is 4.74 Å². The molecule has 2 aromatic carbocycles. The molecule has 0 saturated carbocycles. The third-order valence-corrected chi connectivity index (χ3v) is 5.46. The van der Waals surface area contributed by atoms with Gasteiger partial charge >= 0.3 is 5.97 Å². The minimum Gasteiger partial charge on any atom is -0.467 e. The van der Waals surface area contributed by atoms with Crippen molar-refractivity contribution >= 4 is 28.2 Å². The number of carbonyl (C=O) groups excluding carboxylic acids is 2. The lowest BCUT2D eigenvalue weighted by atomic mass is 10.1. The first kappa shape index (κ1) is 18.9. The molecule has 0 aliphatic rings. The van der Waals surface area contributed by atoms with Gasteiger partial charge in [-0.1, -0.05) is 60.7 Å². The van der Waals surface area contributed by atoms with Gasteiger partial charge in [-0.25, -0.2) is 9.78 Å². The van der Waals surface area contributed by atoms with Gasteiger partial charge in [-0.15, -0.1) is 11.3 Å². The second kappa shape index (κ2) is 8.28. The number of thiazole rings is 1. The van der Waals surface area contributed by atoms with E-state index < -0.39 is 12.0 Å². The van der Waals surface area contributed by atoms with Crippen LogP contribution in [0.3, 0.4) is 0 Å². The van der Waals surface area contributed by atoms with Gasteiger partial charge in [0.05, 0.1) is 19.2 Å². The van der Waals surface area contributed by atoms with Crippen LogP contribution in [-0.4, -0.2) is 28.4 Å². The lowest BCUT2D eigenvalue weighted by molar-refractivity contribution is -0.145. The number of esters is 1. The van der Waals surface area contributed by atoms with E-state index in [1.165, 1.54) is 18.4 Å². The molecule has 4 aromatic rings. The summed E-state index contributed by atoms with van der Waals surface area (Å²) in [6.45, 7) is 0. The zero-order valence-electron chi connectivity index (χ0n) is 15.7. The number of ether oxygens (including phenoxy) is 1. The maximum absolute atomic E-state index is 12.7. The minimum atomic E-state index is -0.842. The second-order valence-electron chi connectivity index (χ2n) is 6.48. The Morgan fingerprint density at radius 3 is 2.48 bits per heavy atom. The topological polar surface area (TPSA) is 72.7 Å². The van der Waals surface area contributed by atoms with E-state index in [0.717, 1.165) is 21.9 Å². The normalized spacial score (nSPS) is 11.9. The Hall–Kier alpha value is -3.45. The standard InChI is InChI=1S/C22H19N3O3S/c1-28-21(27)20(16-10-6-3-7-11-16)24-19(26)12-17-14-29-22-23-18(13-25(17)22)15-8-4-2-5-9-15/h2-11,13-14,20H,12H2,1H3,(H,24,26). The number of amides is 1. The smallest absolute Gasteiger partial charge is 0.333 e. The van der Waals surface area contributed by atoms with Gasteiger partial charge in [0, 0.05) is 22.8 Å². The molecule has 4 rings (SSSR count). The zero-order chi connectivity index (χ0) is 20.2. The van der Waals surface area contributed by atoms with Gasteiger partial charge in [-0.2, -0.15) is 0 Å². The van der Waals surface area contributed by atoms with Crippen molar-refractivity contribution in [3.8, 4) is 11.3 Å². The van der Waals surface area contributed by atoms with Crippen molar-refractivity contribution in [1.29, 1.82) is 0 Å². The van der Waals surface area contributed by atoms with Gasteiger partial charge in [0.15, 0.2) is 11.0 Å². The predicted molar refractivity (Wildman–Crippen MR) is 112 cm³/mol. The Morgan fingerprint density at radius 1 is 1.10 bits per heavy atom. The van der Waals surface area contributed by atoms with Gasteiger partial charge < -0.3 is 10.1 Å². The van der Waals surface area contributed by atoms with Gasteiger partial charge in [0.25, 0.3) is 0 Å². The van der Waals surface area contributed by atoms with Crippen LogP contribution in [0, 0.1) is 0 Å². The number of methoxy groups -OCH3 is 1. The lowest BCUT2D eigenvalue weighted by Crippen LogP contribution is -2.35. The molecule has 1 atom stereocenters. The molecule has 146 valence electrons. The molecule has 2 heterocycles. The van der Waals surface area contributed by atoms with E-state index in [-0.39, 0.29) is 12.3 Å². The van der Waals surface area contributed by atoms with E-state index in [0.29, 0.717) is 5.56 Å². The van der Waals surface area contributed by atoms with Crippen LogP contribution < -0.4 is 5.32 Å². The molecule has 0 bridgehead atoms. The Labute approximate surface area is 171 Å². The Bertz CT molecular complexity index is 1140. The molecule has 2 aromatic heterocycles. The molecule has 0 aliphatic heterocycles. The predicted octanol–water partition coefficient (Wildman–Crippen LogP) is 3.64. The van der Waals surface area contributed by atoms with Crippen LogP contribution in [0.4, 0.5) is 0 Å². The third kappa shape index (κ3) is 4.05. The summed E-state index contributed by atoms with van der Waals surface area (Å²) in [4.78, 5) is 30.3. The first-order valence-corrected chi connectivity index (χ1v) is 9.96. The van der Waals surface area contributed by atoms with Crippen LogP contribution in [-0.2, 0) is 20.7 Å². The summed E-state index contributed by atoms with van der Waals surface area (Å²) in [5.74, 6) is -0.770. The number of hydrogen-bond donors (Lipinski definition) is 1. The van der Waals surface area contributed by atoms with Gasteiger partial charge in [0.1, 0.15) is 0 Å². The van der Waals surface area contributed by atoms with Crippen LogP contribution in [0.1, 0.15) is 17.3 Å². The molecule has 0 radical (unpaired) electrons. The van der Waals surface area contributed by atoms with Crippen molar-refractivity contribution in [2.24, 2.45) is 0 Å². The number of nitrogens with zero attached hydrogens (tertiary/aromatic N) is 2. The lowest BCUT2D eigenvalue weighted by Gasteiger charge is -2.16. The zero-order valence-corrected chi connectivity index (χ0v) is 16.6. The fourth-order valence-electron chi connectivity index (χ4n) is 3.12. The number of carbonyl (C=O) groups is 2. The quantitative estimate of drug-likeness (QED) is 0.497. The molecular weight excluding hydrogens is 386 g/mol. The SMILES string of the molecule is COC(=O)C(NC(=O)Cc1csc2nc(-c3ccccc3)cn12)c1ccccc1. The molecule has 29 heavy (non-hydrogen) atoms. The van der Waals surface area contributed by atoms with Crippen molar-refractivity contribution in [2.45, 2.75) is 12.5 Å². The van der Waals surface area contributed by atoms with Gasteiger partial charge in [-0.3, -0.25) is 9.20 Å². The summed E-state index contributed by atoms with van der Waals surface area (Å²) in [6, 6.07) is 18.1. The highest BCUT2D eigenvalue weighted by Crippen LogP contribution is 2.24. The Kier molecular flexibility index (Phi) is 5.39. The number of aromatic nitrogens is 2. The summed E-state index contributed by atoms with van der Waals surface area (Å²) in [6.07, 6.45) is 2.06. The van der Waals surface area contributed by atoms with E-state index in [1.807, 2.05) is 64.5 Å². The van der Waals surface area contributed by atoms with E-state index >= 15 is 0 Å². The summed E-state index contributed by atoms with van der Waals surface area (Å²) in [5.41, 5.74) is 3.37. The van der Waals surface area contributed by atoms with Gasteiger partial charge in [0.2, 0.25) is 5.91 Å². The fourth-order valence-corrected chi connectivity index (χ4v) is 4.00. The first-order valence-electron chi connectivity index (χ1n) is 9.08. The number of fused-ring (bicyclic) bond motifs is 1. The molecule has 0 aliphatic carbocycles. The minimum absolute atomic E-state index is 0.130. The largest absolute Gasteiger partial charge is 0.467 e. The molecule has 6 nitrogen and oxygen atoms in total. The molecule has 0 spiro atoms. The average molecular weight is 405 g/mol. The van der Waals surface area contributed by atoms with Crippen LogP contribution >= 0.6 is 11.3 Å². The van der Waals surface area contributed by atoms with Crippen LogP contribution in [0.15, 0.2) is 72.2 Å². The third-order valence-electron chi connectivity index (χ3n) is 4.57. The molecule has 0 saturated heterocycles. The number of hydrogen-bond acceptors (Lipinski definition) is 5. The van der Waals surface area contributed by atoms with Gasteiger partial charge in [-0.05, 0) is 5.56 Å². The Morgan fingerprint density at radius 2 is 1.79 bits per heavy atom. The number of imidazole rings is 1. The van der Waals surface area contributed by atoms with E-state index in [2.05, 4.69) is 10.3 Å². The van der Waals surface area contributed by atoms with Crippen LogP contribution in [0.25, 0.3) is 16.2 Å². The average Bonchev–Trinajstić information content (AvgIpc) is 3.35. The Balaban J connectivity index is 1.54. The highest BCUT2D eigenvalue weighted by molar-refractivity contribution is 7.15. The van der Waals surface area contributed by atoms with E-state index in [9.17, 15) is 9.59 Å². The summed E-state index contributed by atoms with van der Waals surface area (Å²) in [7, 11) is 1.31. The molecule has 1 N–H and O–H groups in total. The van der Waals surface area contributed by atoms with Crippen molar-refractivity contribution < 1.29 is 14.3 Å². The maximum atomic E-state index is 12.7. The van der Waals surface area contributed by atoms with Crippen LogP contribution in [0.2, 0.25) is 0 Å². The van der Waals surface area contributed by atoms with Crippen molar-refractivity contribution in [3.63, 3.8) is 0 Å². The molecular formula is C22H19N3O3S. The van der Waals surface area contributed by atoms with Crippen LogP contribution in [0.5, 0.6) is 0 Å². The fraction of sp³-hybridized carbons (Fsp3) is 0.136. The van der Waals surface area contributed by atoms with Crippen molar-refractivity contribution in [2.75, 3.05) is 7.11 Å². The summed E-state index contributed by atoms with van der Waals surface area (Å²) in [5, 5.41) is 4.69. The molecule has 7 heteroatoms. The maximum Gasteiger partial charge on any atom is 0.333 e. The number of rotatable bonds is 6. The highest BCUT2D eigenvalue weighted by atomic mass is 32.1. The highest BCUT2D eigenvalue weighted by Gasteiger charge is 2.24. The summed E-state index contributed by atoms with van der Waals surface area (Å²) < 4.78 is 6.78. The second-order valence-corrected chi connectivity index (χ2v) is 7.32. The monoisotopic (exact) mass is 405 g/mol. The molecule has 0 fully saturated rings. The molecule has 1 amide bonds. The van der Waals surface area contributed by atoms with Crippen molar-refractivity contribution in [3.05, 3.63) is 83.5 Å². The molecule has 1 unspecified atom stereocenters. The number of benzene rings is 2. The summed E-state index contributed by atoms with van der Waals surface area (Å²) >= 11 is 1.48. The first-order chi connectivity index (χ1) is 14.2.